The molecule has 150 valence electrons. The summed E-state index contributed by atoms with van der Waals surface area (Å²) in [5, 5.41) is 6.39. The average molecular weight is 431 g/mol. The number of aromatic nitrogens is 3. The first-order valence-corrected chi connectivity index (χ1v) is 11.4. The van der Waals surface area contributed by atoms with Gasteiger partial charge in [0.2, 0.25) is 15.0 Å². The molecule has 2 aromatic heterocycles. The maximum absolute atomic E-state index is 13.1. The highest BCUT2D eigenvalue weighted by Gasteiger charge is 2.16. The highest BCUT2D eigenvalue weighted by atomic mass is 32.2. The molecule has 0 amide bonds. The van der Waals surface area contributed by atoms with Crippen LogP contribution in [0.15, 0.2) is 52.7 Å². The van der Waals surface area contributed by atoms with Crippen LogP contribution in [0.2, 0.25) is 0 Å². The maximum atomic E-state index is 13.1. The molecule has 0 fully saturated rings. The van der Waals surface area contributed by atoms with Gasteiger partial charge in [0.15, 0.2) is 5.82 Å². The van der Waals surface area contributed by atoms with Crippen molar-refractivity contribution in [2.24, 2.45) is 0 Å². The fourth-order valence-electron chi connectivity index (χ4n) is 2.90. The molecule has 0 unspecified atom stereocenters. The largest absolute Gasteiger partial charge is 0.240 e. The molecule has 9 heteroatoms. The zero-order chi connectivity index (χ0) is 20.6. The molecule has 2 heterocycles. The average Bonchev–Trinajstić information content (AvgIpc) is 3.26. The van der Waals surface area contributed by atoms with Crippen molar-refractivity contribution in [1.82, 2.24) is 19.3 Å². The summed E-state index contributed by atoms with van der Waals surface area (Å²) in [7, 11) is -3.58. The maximum Gasteiger partial charge on any atom is 0.240 e. The topological polar surface area (TPSA) is 76.4 Å². The van der Waals surface area contributed by atoms with E-state index in [2.05, 4.69) is 14.8 Å². The summed E-state index contributed by atoms with van der Waals surface area (Å²) < 4.78 is 42.5. The number of sulfonamides is 1. The Labute approximate surface area is 172 Å². The van der Waals surface area contributed by atoms with Gasteiger partial charge in [-0.15, -0.1) is 16.4 Å². The molecular formula is C20H19FN4O2S2. The quantitative estimate of drug-likeness (QED) is 0.506. The number of fused-ring (bicyclic) bond motifs is 1. The first-order valence-electron chi connectivity index (χ1n) is 8.99. The third kappa shape index (κ3) is 4.07. The minimum absolute atomic E-state index is 0.243. The number of halogens is 1. The highest BCUT2D eigenvalue weighted by molar-refractivity contribution is 7.89. The first kappa shape index (κ1) is 19.7. The van der Waals surface area contributed by atoms with E-state index in [0.717, 1.165) is 22.4 Å². The second kappa shape index (κ2) is 7.66. The van der Waals surface area contributed by atoms with Crippen LogP contribution >= 0.6 is 11.3 Å². The summed E-state index contributed by atoms with van der Waals surface area (Å²) >= 11 is 1.43. The summed E-state index contributed by atoms with van der Waals surface area (Å²) in [5.41, 5.74) is 3.56. The van der Waals surface area contributed by atoms with Crippen LogP contribution < -0.4 is 4.72 Å². The Morgan fingerprint density at radius 3 is 2.59 bits per heavy atom. The van der Waals surface area contributed by atoms with Crippen LogP contribution in [-0.4, -0.2) is 29.6 Å². The zero-order valence-electron chi connectivity index (χ0n) is 15.9. The molecule has 29 heavy (non-hydrogen) atoms. The van der Waals surface area contributed by atoms with E-state index < -0.39 is 10.0 Å². The third-order valence-corrected chi connectivity index (χ3v) is 7.04. The molecule has 1 N–H and O–H groups in total. The van der Waals surface area contributed by atoms with Gasteiger partial charge in [-0.05, 0) is 61.4 Å². The fraction of sp³-hybridized carbons (Fsp3) is 0.200. The lowest BCUT2D eigenvalue weighted by Gasteiger charge is -2.08. The van der Waals surface area contributed by atoms with Gasteiger partial charge in [-0.3, -0.25) is 0 Å². The minimum Gasteiger partial charge on any atom is -0.211 e. The first-order chi connectivity index (χ1) is 13.8. The molecule has 0 atom stereocenters. The van der Waals surface area contributed by atoms with E-state index in [1.165, 1.54) is 23.5 Å². The number of aryl methyl sites for hydroxylation is 2. The van der Waals surface area contributed by atoms with Crippen molar-refractivity contribution in [3.8, 4) is 11.4 Å². The minimum atomic E-state index is -3.58. The Hall–Kier alpha value is -2.62. The van der Waals surface area contributed by atoms with Crippen LogP contribution in [0.5, 0.6) is 0 Å². The van der Waals surface area contributed by atoms with E-state index >= 15 is 0 Å². The molecule has 0 bridgehead atoms. The molecule has 0 aliphatic carbocycles. The summed E-state index contributed by atoms with van der Waals surface area (Å²) in [4.78, 5) is 5.43. The molecule has 0 saturated carbocycles. The fourth-order valence-corrected chi connectivity index (χ4v) is 4.87. The molecule has 0 saturated heterocycles. The van der Waals surface area contributed by atoms with Crippen molar-refractivity contribution in [1.29, 1.82) is 0 Å². The molecule has 0 aliphatic rings. The van der Waals surface area contributed by atoms with E-state index in [-0.39, 0.29) is 17.3 Å². The number of benzene rings is 2. The lowest BCUT2D eigenvalue weighted by Crippen LogP contribution is -2.26. The van der Waals surface area contributed by atoms with Crippen molar-refractivity contribution in [3.05, 3.63) is 70.5 Å². The third-order valence-electron chi connectivity index (χ3n) is 4.71. The monoisotopic (exact) mass is 430 g/mol. The SMILES string of the molecule is Cc1ccc(S(=O)(=O)NCCc2csc3nc(-c4ccc(F)cc4)nn23)cc1C. The van der Waals surface area contributed by atoms with Gasteiger partial charge in [-0.25, -0.2) is 22.0 Å². The Kier molecular flexibility index (Phi) is 5.20. The van der Waals surface area contributed by atoms with Gasteiger partial charge < -0.3 is 0 Å². The van der Waals surface area contributed by atoms with E-state index in [1.54, 1.807) is 34.8 Å². The predicted molar refractivity (Wildman–Crippen MR) is 111 cm³/mol. The van der Waals surface area contributed by atoms with Crippen molar-refractivity contribution < 1.29 is 12.8 Å². The number of thiazole rings is 1. The number of nitrogens with zero attached hydrogens (tertiary/aromatic N) is 3. The van der Waals surface area contributed by atoms with Gasteiger partial charge in [0.1, 0.15) is 5.82 Å². The molecule has 0 spiro atoms. The predicted octanol–water partition coefficient (Wildman–Crippen LogP) is 3.73. The van der Waals surface area contributed by atoms with Gasteiger partial charge in [0.25, 0.3) is 0 Å². The van der Waals surface area contributed by atoms with Crippen molar-refractivity contribution >= 4 is 26.3 Å². The van der Waals surface area contributed by atoms with Gasteiger partial charge in [-0.1, -0.05) is 6.07 Å². The lowest BCUT2D eigenvalue weighted by molar-refractivity contribution is 0.581. The molecular weight excluding hydrogens is 411 g/mol. The van der Waals surface area contributed by atoms with E-state index in [4.69, 9.17) is 0 Å². The Morgan fingerprint density at radius 1 is 1.10 bits per heavy atom. The Balaban J connectivity index is 1.48. The van der Waals surface area contributed by atoms with Gasteiger partial charge >= 0.3 is 0 Å². The van der Waals surface area contributed by atoms with E-state index in [9.17, 15) is 12.8 Å². The van der Waals surface area contributed by atoms with E-state index in [0.29, 0.717) is 17.2 Å². The number of nitrogens with one attached hydrogen (secondary N) is 1. The molecule has 0 aliphatic heterocycles. The van der Waals surface area contributed by atoms with Gasteiger partial charge in [0.05, 0.1) is 10.6 Å². The van der Waals surface area contributed by atoms with Crippen molar-refractivity contribution in [2.75, 3.05) is 6.54 Å². The van der Waals surface area contributed by atoms with Crippen LogP contribution in [0, 0.1) is 19.7 Å². The Bertz CT molecular complexity index is 1280. The standard InChI is InChI=1S/C20H19FN4O2S2/c1-13-3-8-18(11-14(13)2)29(26,27)22-10-9-17-12-28-20-23-19(24-25(17)20)15-4-6-16(21)7-5-15/h3-8,11-12,22H,9-10H2,1-2H3. The zero-order valence-corrected chi connectivity index (χ0v) is 17.5. The van der Waals surface area contributed by atoms with Crippen molar-refractivity contribution in [3.63, 3.8) is 0 Å². The summed E-state index contributed by atoms with van der Waals surface area (Å²) in [5.74, 6) is 0.195. The molecule has 4 rings (SSSR count). The molecule has 2 aromatic carbocycles. The molecule has 6 nitrogen and oxygen atoms in total. The molecule has 4 aromatic rings. The number of hydrogen-bond donors (Lipinski definition) is 1. The number of hydrogen-bond acceptors (Lipinski definition) is 5. The lowest BCUT2D eigenvalue weighted by atomic mass is 10.1. The summed E-state index contributed by atoms with van der Waals surface area (Å²) in [6.45, 7) is 4.08. The van der Waals surface area contributed by atoms with E-state index in [1.807, 2.05) is 19.2 Å². The van der Waals surface area contributed by atoms with Crippen LogP contribution in [-0.2, 0) is 16.4 Å². The highest BCUT2D eigenvalue weighted by Crippen LogP contribution is 2.21. The second-order valence-electron chi connectivity index (χ2n) is 6.76. The molecule has 0 radical (unpaired) electrons. The van der Waals surface area contributed by atoms with Crippen molar-refractivity contribution in [2.45, 2.75) is 25.2 Å². The Morgan fingerprint density at radius 2 is 1.86 bits per heavy atom. The summed E-state index contributed by atoms with van der Waals surface area (Å²) in [6.07, 6.45) is 0.469. The second-order valence-corrected chi connectivity index (χ2v) is 9.36. The normalized spacial score (nSPS) is 12.0. The van der Waals surface area contributed by atoms with Crippen LogP contribution in [0.25, 0.3) is 16.3 Å². The van der Waals surface area contributed by atoms with Gasteiger partial charge in [-0.2, -0.15) is 4.98 Å². The van der Waals surface area contributed by atoms with Crippen LogP contribution in [0.1, 0.15) is 16.8 Å². The summed E-state index contributed by atoms with van der Waals surface area (Å²) in [6, 6.07) is 11.1. The smallest absolute Gasteiger partial charge is 0.211 e. The number of rotatable bonds is 6. The van der Waals surface area contributed by atoms with Crippen LogP contribution in [0.3, 0.4) is 0 Å². The van der Waals surface area contributed by atoms with Crippen LogP contribution in [0.4, 0.5) is 4.39 Å². The van der Waals surface area contributed by atoms with Gasteiger partial charge in [0, 0.05) is 23.9 Å².